The van der Waals surface area contributed by atoms with E-state index in [0.29, 0.717) is 26.1 Å². The molecule has 0 saturated heterocycles. The van der Waals surface area contributed by atoms with Crippen molar-refractivity contribution in [3.05, 3.63) is 108 Å². The summed E-state index contributed by atoms with van der Waals surface area (Å²) in [5, 5.41) is 0.0124. The molecule has 0 amide bonds. The topological polar surface area (TPSA) is 55.4 Å². The first kappa shape index (κ1) is 41.7. The maximum atomic E-state index is 7.31. The first-order valence-corrected chi connectivity index (χ1v) is 24.8. The number of hydrogen-bond donors (Lipinski definition) is 0. The van der Waals surface area contributed by atoms with E-state index in [9.17, 15) is 0 Å². The third kappa shape index (κ3) is 8.67. The monoisotopic (exact) mass is 746 g/mol. The first-order chi connectivity index (χ1) is 24.3. The molecule has 0 unspecified atom stereocenters. The molecule has 0 saturated carbocycles. The Morgan fingerprint density at radius 3 is 1.15 bits per heavy atom. The van der Waals surface area contributed by atoms with Crippen LogP contribution >= 0.6 is 0 Å². The number of allylic oxidation sites excluding steroid dienone is 4. The molecule has 0 aliphatic heterocycles. The molecule has 0 aromatic heterocycles. The summed E-state index contributed by atoms with van der Waals surface area (Å²) in [4.78, 5) is 0. The van der Waals surface area contributed by atoms with Gasteiger partial charge >= 0.3 is 0 Å². The zero-order chi connectivity index (χ0) is 38.6. The molecule has 2 aromatic carbocycles. The molecule has 0 bridgehead atoms. The van der Waals surface area contributed by atoms with E-state index in [4.69, 9.17) is 27.8 Å². The molecule has 2 aromatic rings. The van der Waals surface area contributed by atoms with Crippen LogP contribution in [0.3, 0.4) is 0 Å². The average Bonchev–Trinajstić information content (AvgIpc) is 3.09. The van der Waals surface area contributed by atoms with Crippen molar-refractivity contribution >= 4 is 16.6 Å². The van der Waals surface area contributed by atoms with E-state index in [0.717, 1.165) is 34.1 Å². The maximum Gasteiger partial charge on any atom is 0.250 e. The summed E-state index contributed by atoms with van der Waals surface area (Å²) in [7, 11) is -1.14. The van der Waals surface area contributed by atoms with Crippen LogP contribution in [0.4, 0.5) is 0 Å². The van der Waals surface area contributed by atoms with Crippen molar-refractivity contribution in [2.75, 3.05) is 14.2 Å². The van der Waals surface area contributed by atoms with E-state index in [1.54, 1.807) is 14.2 Å². The van der Waals surface area contributed by atoms with Crippen LogP contribution in [0.5, 0.6) is 11.5 Å². The summed E-state index contributed by atoms with van der Waals surface area (Å²) in [5.41, 5.74) is 0.602. The van der Waals surface area contributed by atoms with Crippen molar-refractivity contribution < 1.29 is 27.8 Å². The van der Waals surface area contributed by atoms with Crippen molar-refractivity contribution in [1.29, 1.82) is 0 Å². The standard InChI is InChI=1S/C44H66O6Si2/c1-15-43(47-31-33-23-27-35(45-9)28-24-33)37(19-17-21-39(43)49-51(11,12)41(3,4)5)38-20-18-22-40(50-52(13,14)42(6,7)8)44(38,16-2)48-32-34-25-29-36(46-10)30-26-34/h17-30,37-38H,15-16,31-32H2,1-14H3/t37-,38-,43+,44+/m0/s1. The van der Waals surface area contributed by atoms with E-state index in [1.165, 1.54) is 0 Å². The van der Waals surface area contributed by atoms with Crippen molar-refractivity contribution in [1.82, 2.24) is 0 Å². The molecule has 8 heteroatoms. The fourth-order valence-corrected chi connectivity index (χ4v) is 8.78. The molecule has 0 radical (unpaired) electrons. The molecule has 2 aliphatic rings. The Bertz CT molecular complexity index is 1490. The summed E-state index contributed by atoms with van der Waals surface area (Å²) in [5.74, 6) is 3.20. The Hall–Kier alpha value is -3.05. The highest BCUT2D eigenvalue weighted by molar-refractivity contribution is 6.74. The van der Waals surface area contributed by atoms with Crippen LogP contribution in [-0.4, -0.2) is 42.1 Å². The summed E-state index contributed by atoms with van der Waals surface area (Å²) < 4.78 is 40.1. The molecule has 0 N–H and O–H groups in total. The molecule has 2 aliphatic carbocycles. The Morgan fingerprint density at radius 1 is 0.558 bits per heavy atom. The molecular weight excluding hydrogens is 681 g/mol. The van der Waals surface area contributed by atoms with Gasteiger partial charge in [-0.1, -0.05) is 104 Å². The minimum absolute atomic E-state index is 0.00622. The lowest BCUT2D eigenvalue weighted by atomic mass is 9.64. The van der Waals surface area contributed by atoms with E-state index < -0.39 is 27.8 Å². The fourth-order valence-electron chi connectivity index (χ4n) is 6.59. The lowest BCUT2D eigenvalue weighted by molar-refractivity contribution is -0.142. The average molecular weight is 747 g/mol. The van der Waals surface area contributed by atoms with E-state index in [-0.39, 0.29) is 21.9 Å². The van der Waals surface area contributed by atoms with Crippen LogP contribution < -0.4 is 9.47 Å². The van der Waals surface area contributed by atoms with Gasteiger partial charge in [-0.05, 0) is 96.7 Å². The molecule has 0 heterocycles. The molecule has 6 nitrogen and oxygen atoms in total. The van der Waals surface area contributed by atoms with Crippen molar-refractivity contribution in [2.45, 2.75) is 129 Å². The molecule has 0 spiro atoms. The highest BCUT2D eigenvalue weighted by Crippen LogP contribution is 2.54. The minimum Gasteiger partial charge on any atom is -0.544 e. The van der Waals surface area contributed by atoms with Gasteiger partial charge in [0.2, 0.25) is 16.6 Å². The predicted molar refractivity (Wildman–Crippen MR) is 220 cm³/mol. The molecule has 4 atom stereocenters. The summed E-state index contributed by atoms with van der Waals surface area (Å²) in [6, 6.07) is 16.3. The summed E-state index contributed by atoms with van der Waals surface area (Å²) >= 11 is 0. The highest BCUT2D eigenvalue weighted by atomic mass is 28.4. The molecule has 0 fully saturated rings. The van der Waals surface area contributed by atoms with Gasteiger partial charge in [-0.2, -0.15) is 0 Å². The smallest absolute Gasteiger partial charge is 0.250 e. The van der Waals surface area contributed by atoms with Gasteiger partial charge in [-0.3, -0.25) is 0 Å². The predicted octanol–water partition coefficient (Wildman–Crippen LogP) is 11.9. The van der Waals surface area contributed by atoms with Gasteiger partial charge in [0.15, 0.2) is 0 Å². The Kier molecular flexibility index (Phi) is 12.9. The molecule has 286 valence electrons. The lowest BCUT2D eigenvalue weighted by Crippen LogP contribution is -2.57. The van der Waals surface area contributed by atoms with Crippen LogP contribution in [0.1, 0.15) is 79.4 Å². The largest absolute Gasteiger partial charge is 0.544 e. The third-order valence-corrected chi connectivity index (χ3v) is 20.8. The second-order valence-electron chi connectivity index (χ2n) is 17.4. The van der Waals surface area contributed by atoms with Gasteiger partial charge in [0.1, 0.15) is 34.2 Å². The Labute approximate surface area is 317 Å². The zero-order valence-electron chi connectivity index (χ0n) is 34.5. The van der Waals surface area contributed by atoms with Crippen LogP contribution in [0, 0.1) is 11.8 Å². The zero-order valence-corrected chi connectivity index (χ0v) is 36.5. The van der Waals surface area contributed by atoms with Crippen LogP contribution in [0.25, 0.3) is 0 Å². The van der Waals surface area contributed by atoms with Crippen molar-refractivity contribution in [2.24, 2.45) is 11.8 Å². The quantitative estimate of drug-likeness (QED) is 0.169. The normalized spacial score (nSPS) is 23.9. The van der Waals surface area contributed by atoms with E-state index >= 15 is 0 Å². The first-order valence-electron chi connectivity index (χ1n) is 19.0. The molecule has 52 heavy (non-hydrogen) atoms. The maximum absolute atomic E-state index is 7.31. The van der Waals surface area contributed by atoms with Crippen LogP contribution in [0.2, 0.25) is 36.3 Å². The van der Waals surface area contributed by atoms with E-state index in [1.807, 2.05) is 24.3 Å². The number of ether oxygens (including phenoxy) is 4. The second-order valence-corrected chi connectivity index (χ2v) is 26.8. The second kappa shape index (κ2) is 16.1. The summed E-state index contributed by atoms with van der Waals surface area (Å²) in [6.07, 6.45) is 14.7. The van der Waals surface area contributed by atoms with Crippen LogP contribution in [-0.2, 0) is 31.5 Å². The van der Waals surface area contributed by atoms with Gasteiger partial charge in [0.25, 0.3) is 0 Å². The van der Waals surface area contributed by atoms with Crippen LogP contribution in [0.15, 0.2) is 96.5 Å². The van der Waals surface area contributed by atoms with Crippen molar-refractivity contribution in [3.63, 3.8) is 0 Å². The SMILES string of the molecule is CC[C@]1(OCc2ccc(OC)cc2)C(O[Si](C)(C)C(C)(C)C)=CC=C[C@H]1[C@@H]1C=CC=C(O[Si](C)(C)C(C)(C)C)[C@]1(CC)OCc1ccc(OC)cc1. The van der Waals surface area contributed by atoms with E-state index in [2.05, 4.69) is 142 Å². The number of methoxy groups -OCH3 is 2. The number of hydrogen-bond acceptors (Lipinski definition) is 6. The Balaban J connectivity index is 1.87. The minimum atomic E-state index is -2.26. The number of benzene rings is 2. The highest BCUT2D eigenvalue weighted by Gasteiger charge is 2.57. The van der Waals surface area contributed by atoms with Crippen molar-refractivity contribution in [3.8, 4) is 11.5 Å². The number of rotatable bonds is 15. The van der Waals surface area contributed by atoms with Gasteiger partial charge in [0, 0.05) is 11.8 Å². The van der Waals surface area contributed by atoms with Gasteiger partial charge in [0.05, 0.1) is 27.4 Å². The Morgan fingerprint density at radius 2 is 0.885 bits per heavy atom. The molecule has 4 rings (SSSR count). The van der Waals surface area contributed by atoms with Gasteiger partial charge < -0.3 is 27.8 Å². The molecular formula is C44H66O6Si2. The van der Waals surface area contributed by atoms with Gasteiger partial charge in [-0.15, -0.1) is 0 Å². The summed E-state index contributed by atoms with van der Waals surface area (Å²) in [6.45, 7) is 28.3. The third-order valence-electron chi connectivity index (χ3n) is 12.1. The fraction of sp³-hybridized carbons (Fsp3) is 0.545. The van der Waals surface area contributed by atoms with Gasteiger partial charge in [-0.25, -0.2) is 0 Å². The lowest BCUT2D eigenvalue weighted by Gasteiger charge is -2.53.